The second kappa shape index (κ2) is 6.99. The number of nitrogens with one attached hydrogen (secondary N) is 1. The maximum absolute atomic E-state index is 12.1. The minimum absolute atomic E-state index is 0.179. The van der Waals surface area contributed by atoms with Gasteiger partial charge in [0.15, 0.2) is 0 Å². The van der Waals surface area contributed by atoms with Gasteiger partial charge in [-0.25, -0.2) is 18.1 Å². The third kappa shape index (κ3) is 4.50. The highest BCUT2D eigenvalue weighted by atomic mass is 32.2. The van der Waals surface area contributed by atoms with E-state index in [1.54, 1.807) is 12.1 Å². The van der Waals surface area contributed by atoms with Gasteiger partial charge < -0.3 is 10.5 Å². The molecule has 21 heavy (non-hydrogen) atoms. The maximum atomic E-state index is 12.1. The summed E-state index contributed by atoms with van der Waals surface area (Å²) in [6, 6.07) is 6.22. The smallest absolute Gasteiger partial charge is 0.240 e. The van der Waals surface area contributed by atoms with E-state index in [9.17, 15) is 8.42 Å². The molecule has 0 saturated heterocycles. The summed E-state index contributed by atoms with van der Waals surface area (Å²) >= 11 is 1.49. The molecule has 0 aliphatic heterocycles. The number of benzene rings is 1. The number of hydrogen-bond donors (Lipinski definition) is 2. The van der Waals surface area contributed by atoms with Crippen LogP contribution in [0.4, 0.5) is 0 Å². The number of aromatic nitrogens is 1. The zero-order valence-corrected chi connectivity index (χ0v) is 13.2. The first kappa shape index (κ1) is 15.9. The van der Waals surface area contributed by atoms with Gasteiger partial charge in [-0.15, -0.1) is 11.3 Å². The van der Waals surface area contributed by atoms with Crippen LogP contribution < -0.4 is 15.2 Å². The molecule has 0 unspecified atom stereocenters. The molecule has 0 bridgehead atoms. The van der Waals surface area contributed by atoms with E-state index in [1.807, 2.05) is 12.3 Å². The fourth-order valence-corrected chi connectivity index (χ4v) is 3.25. The molecule has 0 radical (unpaired) electrons. The van der Waals surface area contributed by atoms with E-state index in [4.69, 9.17) is 10.5 Å². The van der Waals surface area contributed by atoms with E-state index in [0.717, 1.165) is 5.01 Å². The number of nitrogens with zero attached hydrogens (tertiary/aromatic N) is 1. The van der Waals surface area contributed by atoms with E-state index in [0.29, 0.717) is 24.6 Å². The number of sulfonamides is 1. The van der Waals surface area contributed by atoms with Crippen molar-refractivity contribution in [2.45, 2.75) is 18.4 Å². The van der Waals surface area contributed by atoms with Crippen molar-refractivity contribution < 1.29 is 13.2 Å². The number of ether oxygens (including phenoxy) is 1. The topological polar surface area (TPSA) is 94.3 Å². The van der Waals surface area contributed by atoms with Crippen LogP contribution in [0.1, 0.15) is 10.7 Å². The SMILES string of the molecule is Cc1nc(CNS(=O)(=O)c2ccc(OCCN)cc2)cs1. The van der Waals surface area contributed by atoms with Crippen molar-refractivity contribution in [3.63, 3.8) is 0 Å². The van der Waals surface area contributed by atoms with Crippen LogP contribution in [0, 0.1) is 6.92 Å². The Morgan fingerprint density at radius 3 is 2.62 bits per heavy atom. The second-order valence-corrected chi connectivity index (χ2v) is 7.12. The number of nitrogens with two attached hydrogens (primary N) is 1. The third-order valence-electron chi connectivity index (χ3n) is 2.63. The highest BCUT2D eigenvalue weighted by Crippen LogP contribution is 2.16. The average Bonchev–Trinajstić information content (AvgIpc) is 2.89. The monoisotopic (exact) mass is 327 g/mol. The van der Waals surface area contributed by atoms with Crippen molar-refractivity contribution in [2.75, 3.05) is 13.2 Å². The van der Waals surface area contributed by atoms with Crippen LogP contribution in [0.25, 0.3) is 0 Å². The second-order valence-electron chi connectivity index (χ2n) is 4.29. The number of rotatable bonds is 7. The molecule has 0 spiro atoms. The molecule has 0 amide bonds. The lowest BCUT2D eigenvalue weighted by Crippen LogP contribution is -2.23. The van der Waals surface area contributed by atoms with E-state index >= 15 is 0 Å². The molecule has 0 aliphatic carbocycles. The first-order chi connectivity index (χ1) is 10.0. The Morgan fingerprint density at radius 1 is 1.33 bits per heavy atom. The van der Waals surface area contributed by atoms with Crippen LogP contribution in [-0.2, 0) is 16.6 Å². The van der Waals surface area contributed by atoms with Gasteiger partial charge >= 0.3 is 0 Å². The number of hydrogen-bond acceptors (Lipinski definition) is 6. The molecule has 0 saturated carbocycles. The van der Waals surface area contributed by atoms with Gasteiger partial charge in [-0.1, -0.05) is 0 Å². The summed E-state index contributed by atoms with van der Waals surface area (Å²) in [5, 5.41) is 2.74. The zero-order valence-electron chi connectivity index (χ0n) is 11.6. The van der Waals surface area contributed by atoms with Crippen LogP contribution in [0.3, 0.4) is 0 Å². The van der Waals surface area contributed by atoms with Gasteiger partial charge in [0.1, 0.15) is 12.4 Å². The van der Waals surface area contributed by atoms with Crippen molar-refractivity contribution in [2.24, 2.45) is 5.73 Å². The van der Waals surface area contributed by atoms with E-state index in [2.05, 4.69) is 9.71 Å². The summed E-state index contributed by atoms with van der Waals surface area (Å²) in [6.45, 7) is 2.86. The lowest BCUT2D eigenvalue weighted by Gasteiger charge is -2.07. The fraction of sp³-hybridized carbons (Fsp3) is 0.308. The van der Waals surface area contributed by atoms with Gasteiger partial charge in [0.25, 0.3) is 0 Å². The summed E-state index contributed by atoms with van der Waals surface area (Å²) in [6.07, 6.45) is 0. The first-order valence-electron chi connectivity index (χ1n) is 6.35. The van der Waals surface area contributed by atoms with Crippen molar-refractivity contribution in [1.29, 1.82) is 0 Å². The van der Waals surface area contributed by atoms with Crippen molar-refractivity contribution in [1.82, 2.24) is 9.71 Å². The predicted octanol–water partition coefficient (Wildman–Crippen LogP) is 1.27. The van der Waals surface area contributed by atoms with Crippen LogP contribution >= 0.6 is 11.3 Å². The van der Waals surface area contributed by atoms with Crippen LogP contribution in [0.15, 0.2) is 34.5 Å². The minimum atomic E-state index is -3.55. The first-order valence-corrected chi connectivity index (χ1v) is 8.71. The molecule has 114 valence electrons. The van der Waals surface area contributed by atoms with Gasteiger partial charge in [0, 0.05) is 11.9 Å². The van der Waals surface area contributed by atoms with Crippen LogP contribution in [-0.4, -0.2) is 26.6 Å². The normalized spacial score (nSPS) is 11.5. The molecule has 2 rings (SSSR count). The van der Waals surface area contributed by atoms with Gasteiger partial charge in [0.2, 0.25) is 10.0 Å². The number of thiazole rings is 1. The molecule has 8 heteroatoms. The lowest BCUT2D eigenvalue weighted by molar-refractivity contribution is 0.328. The van der Waals surface area contributed by atoms with Crippen LogP contribution in [0.5, 0.6) is 5.75 Å². The molecule has 6 nitrogen and oxygen atoms in total. The fourth-order valence-electron chi connectivity index (χ4n) is 1.63. The molecule has 0 atom stereocenters. The van der Waals surface area contributed by atoms with Gasteiger partial charge in [-0.05, 0) is 31.2 Å². The third-order valence-corrected chi connectivity index (χ3v) is 4.87. The van der Waals surface area contributed by atoms with Crippen molar-refractivity contribution >= 4 is 21.4 Å². The summed E-state index contributed by atoms with van der Waals surface area (Å²) in [5.74, 6) is 0.592. The standard InChI is InChI=1S/C13H17N3O3S2/c1-10-16-11(9-20-10)8-15-21(17,18)13-4-2-12(3-5-13)19-7-6-14/h2-5,9,15H,6-8,14H2,1H3. The maximum Gasteiger partial charge on any atom is 0.240 e. The molecular formula is C13H17N3O3S2. The lowest BCUT2D eigenvalue weighted by atomic mass is 10.3. The minimum Gasteiger partial charge on any atom is -0.492 e. The van der Waals surface area contributed by atoms with Gasteiger partial charge in [-0.3, -0.25) is 0 Å². The highest BCUT2D eigenvalue weighted by molar-refractivity contribution is 7.89. The number of aryl methyl sites for hydroxylation is 1. The summed E-state index contributed by atoms with van der Waals surface area (Å²) in [7, 11) is -3.55. The zero-order chi connectivity index (χ0) is 15.3. The Bertz CT molecular complexity index is 681. The van der Waals surface area contributed by atoms with E-state index in [1.165, 1.54) is 23.5 Å². The molecule has 0 aliphatic rings. The predicted molar refractivity (Wildman–Crippen MR) is 81.9 cm³/mol. The molecular weight excluding hydrogens is 310 g/mol. The Balaban J connectivity index is 2.01. The van der Waals surface area contributed by atoms with Crippen molar-refractivity contribution in [3.05, 3.63) is 40.3 Å². The van der Waals surface area contributed by atoms with Crippen molar-refractivity contribution in [3.8, 4) is 5.75 Å². The van der Waals surface area contributed by atoms with Gasteiger partial charge in [0.05, 0.1) is 22.1 Å². The summed E-state index contributed by atoms with van der Waals surface area (Å²) < 4.78 is 32.1. The Hall–Kier alpha value is -1.48. The highest BCUT2D eigenvalue weighted by Gasteiger charge is 2.14. The summed E-state index contributed by atoms with van der Waals surface area (Å²) in [4.78, 5) is 4.40. The Kier molecular flexibility index (Phi) is 5.29. The quantitative estimate of drug-likeness (QED) is 0.798. The van der Waals surface area contributed by atoms with Crippen LogP contribution in [0.2, 0.25) is 0 Å². The Morgan fingerprint density at radius 2 is 2.05 bits per heavy atom. The van der Waals surface area contributed by atoms with E-state index in [-0.39, 0.29) is 11.4 Å². The van der Waals surface area contributed by atoms with Gasteiger partial charge in [-0.2, -0.15) is 0 Å². The average molecular weight is 327 g/mol. The largest absolute Gasteiger partial charge is 0.492 e. The molecule has 3 N–H and O–H groups in total. The summed E-state index contributed by atoms with van der Waals surface area (Å²) in [5.41, 5.74) is 6.05. The Labute approximate surface area is 128 Å². The molecule has 1 aromatic heterocycles. The molecule has 1 heterocycles. The molecule has 1 aromatic carbocycles. The molecule has 2 aromatic rings. The molecule has 0 fully saturated rings. The van der Waals surface area contributed by atoms with E-state index < -0.39 is 10.0 Å².